The Morgan fingerprint density at radius 1 is 1.00 bits per heavy atom. The Balaban J connectivity index is 1.28. The zero-order valence-corrected chi connectivity index (χ0v) is 19.7. The average Bonchev–Trinajstić information content (AvgIpc) is 3.11. The summed E-state index contributed by atoms with van der Waals surface area (Å²) in [5.41, 5.74) is 3.40. The molecule has 0 atom stereocenters. The first-order valence-electron chi connectivity index (χ1n) is 11.8. The van der Waals surface area contributed by atoms with Crippen molar-refractivity contribution in [3.8, 4) is 11.1 Å². The standard InChI is InChI=1S/C27H32N2O5/c1-26(2,24(32)28-17-27(12-7-13-27)14-23(30)31)16-29-25(33)34-15-22-20-10-5-3-8-18(20)19-9-4-6-11-21(19)22/h3-6,8-11,22H,7,12-17H2,1-2H3,(H,28,32)(H,29,33)(H,30,31). The molecule has 4 rings (SSSR count). The number of hydrogen-bond donors (Lipinski definition) is 3. The summed E-state index contributed by atoms with van der Waals surface area (Å²) in [6.07, 6.45) is 2.08. The molecule has 0 saturated heterocycles. The maximum Gasteiger partial charge on any atom is 0.407 e. The molecule has 1 fully saturated rings. The number of alkyl carbamates (subject to hydrolysis) is 1. The molecule has 2 aromatic rings. The first kappa shape index (κ1) is 23.8. The van der Waals surface area contributed by atoms with Crippen LogP contribution < -0.4 is 10.6 Å². The number of fused-ring (bicyclic) bond motifs is 3. The van der Waals surface area contributed by atoms with Gasteiger partial charge in [-0.1, -0.05) is 55.0 Å². The fourth-order valence-electron chi connectivity index (χ4n) is 4.94. The number of carboxylic acids is 1. The van der Waals surface area contributed by atoms with Crippen molar-refractivity contribution in [3.63, 3.8) is 0 Å². The van der Waals surface area contributed by atoms with E-state index < -0.39 is 17.5 Å². The highest BCUT2D eigenvalue weighted by Gasteiger charge is 2.40. The van der Waals surface area contributed by atoms with Crippen molar-refractivity contribution in [2.75, 3.05) is 19.7 Å². The number of rotatable bonds is 9. The first-order valence-corrected chi connectivity index (χ1v) is 11.8. The molecule has 180 valence electrons. The van der Waals surface area contributed by atoms with E-state index in [0.717, 1.165) is 41.5 Å². The molecule has 0 radical (unpaired) electrons. The lowest BCUT2D eigenvalue weighted by Gasteiger charge is -2.41. The van der Waals surface area contributed by atoms with Crippen LogP contribution in [0.4, 0.5) is 4.79 Å². The smallest absolute Gasteiger partial charge is 0.407 e. The zero-order chi connectivity index (χ0) is 24.3. The Labute approximate surface area is 199 Å². The molecule has 0 aromatic heterocycles. The largest absolute Gasteiger partial charge is 0.481 e. The predicted octanol–water partition coefficient (Wildman–Crippen LogP) is 4.31. The van der Waals surface area contributed by atoms with Gasteiger partial charge in [0.15, 0.2) is 0 Å². The molecule has 2 aliphatic rings. The molecule has 7 heteroatoms. The fraction of sp³-hybridized carbons (Fsp3) is 0.444. The topological polar surface area (TPSA) is 105 Å². The molecule has 34 heavy (non-hydrogen) atoms. The minimum Gasteiger partial charge on any atom is -0.481 e. The molecule has 0 aliphatic heterocycles. The highest BCUT2D eigenvalue weighted by molar-refractivity contribution is 5.83. The summed E-state index contributed by atoms with van der Waals surface area (Å²) in [7, 11) is 0. The van der Waals surface area contributed by atoms with Crippen LogP contribution in [0.15, 0.2) is 48.5 Å². The first-order chi connectivity index (χ1) is 16.2. The Hall–Kier alpha value is -3.35. The van der Waals surface area contributed by atoms with Crippen LogP contribution in [0, 0.1) is 10.8 Å². The second-order valence-corrected chi connectivity index (χ2v) is 10.2. The van der Waals surface area contributed by atoms with Crippen LogP contribution >= 0.6 is 0 Å². The molecule has 0 heterocycles. The van der Waals surface area contributed by atoms with Crippen molar-refractivity contribution in [2.45, 2.75) is 45.4 Å². The van der Waals surface area contributed by atoms with Gasteiger partial charge >= 0.3 is 12.1 Å². The van der Waals surface area contributed by atoms with Crippen molar-refractivity contribution >= 4 is 18.0 Å². The number of nitrogens with one attached hydrogen (secondary N) is 2. The fourth-order valence-corrected chi connectivity index (χ4v) is 4.94. The molecule has 0 unspecified atom stereocenters. The Morgan fingerprint density at radius 2 is 1.59 bits per heavy atom. The van der Waals surface area contributed by atoms with E-state index in [1.165, 1.54) is 0 Å². The number of aliphatic carboxylic acids is 1. The number of hydrogen-bond acceptors (Lipinski definition) is 4. The highest BCUT2D eigenvalue weighted by Crippen LogP contribution is 2.45. The number of carboxylic acid groups (broad SMARTS) is 1. The zero-order valence-electron chi connectivity index (χ0n) is 19.7. The number of amides is 2. The van der Waals surface area contributed by atoms with Gasteiger partial charge < -0.3 is 20.5 Å². The van der Waals surface area contributed by atoms with Gasteiger partial charge in [0.05, 0.1) is 11.8 Å². The van der Waals surface area contributed by atoms with E-state index >= 15 is 0 Å². The van der Waals surface area contributed by atoms with Gasteiger partial charge in [0.1, 0.15) is 6.61 Å². The monoisotopic (exact) mass is 464 g/mol. The van der Waals surface area contributed by atoms with E-state index in [0.29, 0.717) is 6.54 Å². The number of carbonyl (C=O) groups excluding carboxylic acids is 2. The van der Waals surface area contributed by atoms with Crippen molar-refractivity contribution in [1.29, 1.82) is 0 Å². The minimum absolute atomic E-state index is 0.0256. The third kappa shape index (κ3) is 4.93. The van der Waals surface area contributed by atoms with E-state index in [4.69, 9.17) is 9.84 Å². The van der Waals surface area contributed by atoms with Gasteiger partial charge in [0.2, 0.25) is 5.91 Å². The number of ether oxygens (including phenoxy) is 1. The third-order valence-corrected chi connectivity index (χ3v) is 7.20. The molecule has 7 nitrogen and oxygen atoms in total. The van der Waals surface area contributed by atoms with Crippen LogP contribution in [-0.4, -0.2) is 42.8 Å². The van der Waals surface area contributed by atoms with Gasteiger partial charge in [-0.3, -0.25) is 9.59 Å². The van der Waals surface area contributed by atoms with Gasteiger partial charge in [0, 0.05) is 19.0 Å². The summed E-state index contributed by atoms with van der Waals surface area (Å²) in [5.74, 6) is -1.09. The second-order valence-electron chi connectivity index (χ2n) is 10.2. The molecular formula is C27H32N2O5. The minimum atomic E-state index is -0.861. The van der Waals surface area contributed by atoms with Gasteiger partial charge in [-0.15, -0.1) is 0 Å². The third-order valence-electron chi connectivity index (χ3n) is 7.20. The molecule has 0 spiro atoms. The summed E-state index contributed by atoms with van der Waals surface area (Å²) in [6, 6.07) is 16.3. The van der Waals surface area contributed by atoms with Gasteiger partial charge in [-0.05, 0) is 54.4 Å². The van der Waals surface area contributed by atoms with Crippen LogP contribution in [0.1, 0.15) is 56.6 Å². The molecule has 0 bridgehead atoms. The number of benzene rings is 2. The molecule has 1 saturated carbocycles. The van der Waals surface area contributed by atoms with E-state index in [9.17, 15) is 14.4 Å². The van der Waals surface area contributed by atoms with E-state index in [-0.39, 0.29) is 36.8 Å². The van der Waals surface area contributed by atoms with E-state index in [1.807, 2.05) is 24.3 Å². The summed E-state index contributed by atoms with van der Waals surface area (Å²) in [4.78, 5) is 36.3. The summed E-state index contributed by atoms with van der Waals surface area (Å²) in [6.45, 7) is 4.16. The summed E-state index contributed by atoms with van der Waals surface area (Å²) >= 11 is 0. The van der Waals surface area contributed by atoms with Gasteiger partial charge in [-0.25, -0.2) is 4.79 Å². The second kappa shape index (κ2) is 9.49. The Kier molecular flexibility index (Phi) is 6.64. The predicted molar refractivity (Wildman–Crippen MR) is 128 cm³/mol. The summed E-state index contributed by atoms with van der Waals surface area (Å²) < 4.78 is 5.55. The van der Waals surface area contributed by atoms with E-state index in [1.54, 1.807) is 13.8 Å². The van der Waals surface area contributed by atoms with Crippen molar-refractivity contribution in [2.24, 2.45) is 10.8 Å². The Morgan fingerprint density at radius 3 is 2.12 bits per heavy atom. The Bertz CT molecular complexity index is 1040. The van der Waals surface area contributed by atoms with Gasteiger partial charge in [-0.2, -0.15) is 0 Å². The lowest BCUT2D eigenvalue weighted by Crippen LogP contribution is -2.50. The quantitative estimate of drug-likeness (QED) is 0.513. The van der Waals surface area contributed by atoms with Crippen molar-refractivity contribution in [1.82, 2.24) is 10.6 Å². The number of carbonyl (C=O) groups is 3. The maximum atomic E-state index is 12.7. The maximum absolute atomic E-state index is 12.7. The normalized spacial score (nSPS) is 16.1. The van der Waals surface area contributed by atoms with Crippen LogP contribution in [-0.2, 0) is 14.3 Å². The van der Waals surface area contributed by atoms with E-state index in [2.05, 4.69) is 34.9 Å². The molecule has 2 amide bonds. The molecule has 2 aliphatic carbocycles. The van der Waals surface area contributed by atoms with Crippen molar-refractivity contribution < 1.29 is 24.2 Å². The van der Waals surface area contributed by atoms with Crippen LogP contribution in [0.3, 0.4) is 0 Å². The van der Waals surface area contributed by atoms with Gasteiger partial charge in [0.25, 0.3) is 0 Å². The van der Waals surface area contributed by atoms with Crippen molar-refractivity contribution in [3.05, 3.63) is 59.7 Å². The lowest BCUT2D eigenvalue weighted by atomic mass is 9.66. The highest BCUT2D eigenvalue weighted by atomic mass is 16.5. The lowest BCUT2D eigenvalue weighted by molar-refractivity contribution is -0.142. The molecule has 2 aromatic carbocycles. The van der Waals surface area contributed by atoms with Crippen LogP contribution in [0.5, 0.6) is 0 Å². The molecule has 3 N–H and O–H groups in total. The van der Waals surface area contributed by atoms with Crippen LogP contribution in [0.2, 0.25) is 0 Å². The summed E-state index contributed by atoms with van der Waals surface area (Å²) in [5, 5.41) is 14.8. The average molecular weight is 465 g/mol. The SMILES string of the molecule is CC(C)(CNC(=O)OCC1c2ccccc2-c2ccccc21)C(=O)NCC1(CC(=O)O)CCC1. The molecular weight excluding hydrogens is 432 g/mol. The van der Waals surface area contributed by atoms with Crippen LogP contribution in [0.25, 0.3) is 11.1 Å².